The third kappa shape index (κ3) is 4.81. The number of carboxylic acids is 1. The van der Waals surface area contributed by atoms with E-state index in [0.29, 0.717) is 11.2 Å². The molecule has 0 bridgehead atoms. The minimum atomic E-state index is -3.52. The van der Waals surface area contributed by atoms with E-state index in [0.717, 1.165) is 38.5 Å². The summed E-state index contributed by atoms with van der Waals surface area (Å²) in [6.07, 6.45) is 2.36. The van der Waals surface area contributed by atoms with E-state index in [2.05, 4.69) is 16.9 Å². The number of hydrogen-bond acceptors (Lipinski definition) is 4. The summed E-state index contributed by atoms with van der Waals surface area (Å²) in [5, 5.41) is 13.2. The zero-order valence-corrected chi connectivity index (χ0v) is 19.8. The van der Waals surface area contributed by atoms with Crippen molar-refractivity contribution in [3.05, 3.63) is 70.1 Å². The number of aromatic carboxylic acids is 1. The predicted octanol–water partition coefficient (Wildman–Crippen LogP) is 6.07. The summed E-state index contributed by atoms with van der Waals surface area (Å²) >= 11 is 1.13. The normalized spacial score (nSPS) is 14.8. The Morgan fingerprint density at radius 3 is 2.47 bits per heavy atom. The molecule has 0 aliphatic heterocycles. The lowest BCUT2D eigenvalue weighted by Crippen LogP contribution is -2.17. The molecule has 7 heteroatoms. The summed E-state index contributed by atoms with van der Waals surface area (Å²) in [5.41, 5.74) is 3.95. The van der Waals surface area contributed by atoms with E-state index >= 15 is 0 Å². The van der Waals surface area contributed by atoms with E-state index in [-0.39, 0.29) is 10.6 Å². The quantitative estimate of drug-likeness (QED) is 0.341. The highest BCUT2D eigenvalue weighted by atomic mass is 32.1. The van der Waals surface area contributed by atoms with Crippen LogP contribution in [0.15, 0.2) is 48.5 Å². The van der Waals surface area contributed by atoms with Gasteiger partial charge in [-0.2, -0.15) is 0 Å². The molecule has 2 N–H and O–H groups in total. The van der Waals surface area contributed by atoms with Crippen LogP contribution in [0.25, 0.3) is 10.4 Å². The van der Waals surface area contributed by atoms with Gasteiger partial charge in [-0.3, -0.25) is 4.57 Å². The average Bonchev–Trinajstić information content (AvgIpc) is 3.50. The monoisotopic (exact) mass is 465 g/mol. The Kier molecular flexibility index (Phi) is 6.26. The van der Waals surface area contributed by atoms with Crippen molar-refractivity contribution in [2.75, 3.05) is 12.2 Å². The number of hydrogen-bond donors (Lipinski definition) is 2. The van der Waals surface area contributed by atoms with E-state index in [1.165, 1.54) is 20.0 Å². The molecule has 1 heterocycles. The van der Waals surface area contributed by atoms with Crippen LogP contribution in [0.4, 0.5) is 5.69 Å². The van der Waals surface area contributed by atoms with Gasteiger partial charge in [0.1, 0.15) is 4.88 Å². The van der Waals surface area contributed by atoms with Gasteiger partial charge in [-0.25, -0.2) is 4.79 Å². The molecule has 0 saturated heterocycles. The van der Waals surface area contributed by atoms with Crippen molar-refractivity contribution in [1.29, 1.82) is 0 Å². The molecule has 1 atom stereocenters. The van der Waals surface area contributed by atoms with E-state index < -0.39 is 13.5 Å². The Morgan fingerprint density at radius 1 is 1.16 bits per heavy atom. The predicted molar refractivity (Wildman–Crippen MR) is 130 cm³/mol. The molecule has 5 nitrogen and oxygen atoms in total. The van der Waals surface area contributed by atoms with E-state index in [9.17, 15) is 14.5 Å². The molecule has 1 aliphatic rings. The second-order valence-electron chi connectivity index (χ2n) is 7.92. The first-order chi connectivity index (χ1) is 15.3. The van der Waals surface area contributed by atoms with Crippen LogP contribution in [-0.2, 0) is 9.09 Å². The largest absolute Gasteiger partial charge is 0.477 e. The van der Waals surface area contributed by atoms with Crippen molar-refractivity contribution in [3.63, 3.8) is 0 Å². The highest BCUT2D eigenvalue weighted by Crippen LogP contribution is 2.48. The fourth-order valence-electron chi connectivity index (χ4n) is 3.40. The van der Waals surface area contributed by atoms with Gasteiger partial charge < -0.3 is 14.7 Å². The topological polar surface area (TPSA) is 75.6 Å². The molecule has 1 aromatic heterocycles. The highest BCUT2D eigenvalue weighted by Gasteiger charge is 2.30. The Hall–Kier alpha value is -2.84. The highest BCUT2D eigenvalue weighted by molar-refractivity contribution is 7.68. The molecule has 1 unspecified atom stereocenters. The van der Waals surface area contributed by atoms with E-state index in [1.807, 2.05) is 50.2 Å². The fraction of sp³-hybridized carbons (Fsp3) is 0.240. The van der Waals surface area contributed by atoms with Crippen LogP contribution in [-0.4, -0.2) is 18.2 Å². The van der Waals surface area contributed by atoms with Gasteiger partial charge in [0.25, 0.3) is 0 Å². The molecule has 32 heavy (non-hydrogen) atoms. The first kappa shape index (κ1) is 22.4. The van der Waals surface area contributed by atoms with Gasteiger partial charge in [-0.15, -0.1) is 11.3 Å². The Morgan fingerprint density at radius 2 is 1.88 bits per heavy atom. The van der Waals surface area contributed by atoms with Crippen LogP contribution in [0, 0.1) is 31.6 Å². The lowest BCUT2D eigenvalue weighted by Gasteiger charge is -2.20. The first-order valence-corrected chi connectivity index (χ1v) is 12.7. The molecule has 1 aliphatic carbocycles. The molecule has 2 aromatic carbocycles. The number of benzene rings is 2. The number of anilines is 1. The second-order valence-corrected chi connectivity index (χ2v) is 11.1. The van der Waals surface area contributed by atoms with Gasteiger partial charge in [0.2, 0.25) is 0 Å². The minimum Gasteiger partial charge on any atom is -0.477 e. The lowest BCUT2D eigenvalue weighted by atomic mass is 10.1. The standard InChI is InChI=1S/C25H24NO4PS/c1-16-4-13-22(17(2)14-16)31(29,30-3)26-21-15-23(32-24(21)25(27)28)20-11-9-19(10-12-20)8-7-18-5-6-18/h4,9-15,18H,5-6H2,1-3H3,(H,26,29)(H,27,28). The molecule has 4 rings (SSSR count). The van der Waals surface area contributed by atoms with Gasteiger partial charge in [0, 0.05) is 23.5 Å². The summed E-state index contributed by atoms with van der Waals surface area (Å²) in [7, 11) is -2.16. The van der Waals surface area contributed by atoms with Crippen molar-refractivity contribution in [2.24, 2.45) is 5.92 Å². The summed E-state index contributed by atoms with van der Waals surface area (Å²) in [4.78, 5) is 12.8. The number of rotatable bonds is 6. The molecule has 1 saturated carbocycles. The van der Waals surface area contributed by atoms with E-state index in [4.69, 9.17) is 4.52 Å². The van der Waals surface area contributed by atoms with Gasteiger partial charge in [0.05, 0.1) is 11.0 Å². The third-order valence-corrected chi connectivity index (χ3v) is 8.65. The molecular weight excluding hydrogens is 441 g/mol. The molecule has 3 aromatic rings. The minimum absolute atomic E-state index is 0.0830. The summed E-state index contributed by atoms with van der Waals surface area (Å²) in [6.45, 7) is 3.82. The summed E-state index contributed by atoms with van der Waals surface area (Å²) < 4.78 is 19.1. The Balaban J connectivity index is 1.66. The molecule has 164 valence electrons. The van der Waals surface area contributed by atoms with Gasteiger partial charge in [-0.1, -0.05) is 41.7 Å². The molecule has 0 radical (unpaired) electrons. The van der Waals surface area contributed by atoms with Gasteiger partial charge in [-0.05, 0) is 62.1 Å². The Labute approximate surface area is 192 Å². The van der Waals surface area contributed by atoms with Crippen LogP contribution < -0.4 is 10.4 Å². The number of aryl methyl sites for hydroxylation is 2. The maximum Gasteiger partial charge on any atom is 0.348 e. The van der Waals surface area contributed by atoms with Crippen molar-refractivity contribution in [3.8, 4) is 22.3 Å². The van der Waals surface area contributed by atoms with E-state index in [1.54, 1.807) is 12.1 Å². The van der Waals surface area contributed by atoms with Crippen molar-refractivity contribution in [1.82, 2.24) is 0 Å². The number of thiophene rings is 1. The zero-order valence-electron chi connectivity index (χ0n) is 18.1. The number of carbonyl (C=O) groups is 1. The van der Waals surface area contributed by atoms with Crippen LogP contribution in [0.3, 0.4) is 0 Å². The average molecular weight is 466 g/mol. The van der Waals surface area contributed by atoms with Crippen LogP contribution in [0.5, 0.6) is 0 Å². The summed E-state index contributed by atoms with van der Waals surface area (Å²) in [6, 6.07) is 15.0. The van der Waals surface area contributed by atoms with Crippen molar-refractivity contribution < 1.29 is 19.0 Å². The number of nitrogens with one attached hydrogen (secondary N) is 1. The zero-order chi connectivity index (χ0) is 22.9. The molecule has 0 spiro atoms. The molecule has 1 fully saturated rings. The molecular formula is C25H24NO4PS. The van der Waals surface area contributed by atoms with Crippen molar-refractivity contribution >= 4 is 35.8 Å². The van der Waals surface area contributed by atoms with Crippen LogP contribution in [0.2, 0.25) is 0 Å². The van der Waals surface area contributed by atoms with Crippen LogP contribution >= 0.6 is 18.9 Å². The molecule has 0 amide bonds. The smallest absolute Gasteiger partial charge is 0.348 e. The summed E-state index contributed by atoms with van der Waals surface area (Å²) in [5.74, 6) is 5.87. The maximum absolute atomic E-state index is 13.6. The third-order valence-electron chi connectivity index (χ3n) is 5.29. The lowest BCUT2D eigenvalue weighted by molar-refractivity contribution is 0.0703. The second kappa shape index (κ2) is 8.96. The fourth-order valence-corrected chi connectivity index (χ4v) is 6.14. The van der Waals surface area contributed by atoms with Gasteiger partial charge >= 0.3 is 13.5 Å². The maximum atomic E-state index is 13.6. The van der Waals surface area contributed by atoms with Crippen LogP contribution in [0.1, 0.15) is 39.2 Å². The van der Waals surface area contributed by atoms with Crippen molar-refractivity contribution in [2.45, 2.75) is 26.7 Å². The SMILES string of the molecule is COP(=O)(Nc1cc(-c2ccc(C#CC3CC3)cc2)sc1C(=O)O)c1ccc(C)cc1C. The number of carboxylic acid groups (broad SMARTS) is 1. The Bertz CT molecular complexity index is 1280. The first-order valence-electron chi connectivity index (χ1n) is 10.3. The van der Waals surface area contributed by atoms with Gasteiger partial charge in [0.15, 0.2) is 0 Å².